The minimum absolute atomic E-state index is 0.0535. The number of Topliss-reactive ketones (excluding diaryl/α,β-unsaturated/α-hetero) is 1. The van der Waals surface area contributed by atoms with Gasteiger partial charge in [0, 0.05) is 30.5 Å². The van der Waals surface area contributed by atoms with Crippen LogP contribution >= 0.6 is 0 Å². The van der Waals surface area contributed by atoms with Crippen molar-refractivity contribution in [2.45, 2.75) is 27.2 Å². The van der Waals surface area contributed by atoms with E-state index in [0.717, 1.165) is 46.4 Å². The molecule has 30 heavy (non-hydrogen) atoms. The average Bonchev–Trinajstić information content (AvgIpc) is 2.72. The van der Waals surface area contributed by atoms with Crippen LogP contribution in [0.5, 0.6) is 0 Å². The van der Waals surface area contributed by atoms with Gasteiger partial charge in [-0.15, -0.1) is 0 Å². The number of nitrogen functional groups attached to an aromatic ring is 1. The van der Waals surface area contributed by atoms with Gasteiger partial charge in [-0.2, -0.15) is 0 Å². The van der Waals surface area contributed by atoms with Gasteiger partial charge in [-0.05, 0) is 34.7 Å². The van der Waals surface area contributed by atoms with Crippen LogP contribution in [-0.2, 0) is 4.74 Å². The highest BCUT2D eigenvalue weighted by molar-refractivity contribution is 6.03. The highest BCUT2D eigenvalue weighted by atomic mass is 16.5. The Morgan fingerprint density at radius 3 is 2.57 bits per heavy atom. The first-order valence-corrected chi connectivity index (χ1v) is 10.5. The number of carbonyl (C=O) groups excluding carboxylic acids is 1. The van der Waals surface area contributed by atoms with Crippen LogP contribution in [0.3, 0.4) is 0 Å². The lowest BCUT2D eigenvalue weighted by Crippen LogP contribution is -2.36. The van der Waals surface area contributed by atoms with Gasteiger partial charge in [-0.3, -0.25) is 4.79 Å². The minimum Gasteiger partial charge on any atom is -0.382 e. The number of carbonyl (C=O) groups is 1. The zero-order chi connectivity index (χ0) is 21.3. The van der Waals surface area contributed by atoms with E-state index in [9.17, 15) is 4.79 Å². The van der Waals surface area contributed by atoms with Crippen molar-refractivity contribution in [1.29, 1.82) is 0 Å². The summed E-state index contributed by atoms with van der Waals surface area (Å²) in [5, 5.41) is 1.02. The van der Waals surface area contributed by atoms with Crippen molar-refractivity contribution in [3.63, 3.8) is 0 Å². The minimum atomic E-state index is -0.0535. The molecule has 2 aromatic carbocycles. The number of aromatic nitrogens is 1. The quantitative estimate of drug-likeness (QED) is 0.625. The fourth-order valence-electron chi connectivity index (χ4n) is 3.96. The van der Waals surface area contributed by atoms with Crippen molar-refractivity contribution in [3.8, 4) is 11.1 Å². The number of hydrogen-bond acceptors (Lipinski definition) is 5. The van der Waals surface area contributed by atoms with Gasteiger partial charge < -0.3 is 15.4 Å². The van der Waals surface area contributed by atoms with Gasteiger partial charge in [0.15, 0.2) is 5.78 Å². The monoisotopic (exact) mass is 403 g/mol. The lowest BCUT2D eigenvalue weighted by molar-refractivity contribution is 0.0940. The summed E-state index contributed by atoms with van der Waals surface area (Å²) in [5.74, 6) is 0.709. The van der Waals surface area contributed by atoms with E-state index in [2.05, 4.69) is 42.8 Å². The number of rotatable bonds is 4. The number of nitrogens with two attached hydrogens (primary N) is 1. The molecule has 156 valence electrons. The fourth-order valence-corrected chi connectivity index (χ4v) is 3.96. The zero-order valence-electron chi connectivity index (χ0n) is 17.9. The molecule has 1 aliphatic heterocycles. The predicted octanol–water partition coefficient (Wildman–Crippen LogP) is 4.94. The van der Waals surface area contributed by atoms with Crippen molar-refractivity contribution < 1.29 is 9.53 Å². The average molecular weight is 404 g/mol. The van der Waals surface area contributed by atoms with Gasteiger partial charge in [0.1, 0.15) is 5.82 Å². The number of fused-ring (bicyclic) bond motifs is 1. The summed E-state index contributed by atoms with van der Waals surface area (Å²) in [6.07, 6.45) is 0.511. The Labute approximate surface area is 177 Å². The summed E-state index contributed by atoms with van der Waals surface area (Å²) in [4.78, 5) is 19.8. The third-order valence-corrected chi connectivity index (χ3v) is 5.40. The molecule has 0 amide bonds. The van der Waals surface area contributed by atoms with Gasteiger partial charge in [-0.1, -0.05) is 51.1 Å². The highest BCUT2D eigenvalue weighted by Crippen LogP contribution is 2.33. The molecule has 0 radical (unpaired) electrons. The van der Waals surface area contributed by atoms with Crippen LogP contribution in [0, 0.1) is 5.41 Å². The van der Waals surface area contributed by atoms with Crippen LogP contribution in [0.1, 0.15) is 37.6 Å². The summed E-state index contributed by atoms with van der Waals surface area (Å²) >= 11 is 0. The van der Waals surface area contributed by atoms with E-state index in [1.54, 1.807) is 0 Å². The Morgan fingerprint density at radius 1 is 1.10 bits per heavy atom. The fraction of sp³-hybridized carbons (Fsp3) is 0.360. The van der Waals surface area contributed by atoms with Crippen LogP contribution in [0.15, 0.2) is 48.5 Å². The van der Waals surface area contributed by atoms with Gasteiger partial charge in [-0.25, -0.2) is 4.98 Å². The second-order valence-electron chi connectivity index (χ2n) is 9.11. The third-order valence-electron chi connectivity index (χ3n) is 5.40. The van der Waals surface area contributed by atoms with Crippen molar-refractivity contribution in [1.82, 2.24) is 4.98 Å². The summed E-state index contributed by atoms with van der Waals surface area (Å²) in [5.41, 5.74) is 10.7. The smallest absolute Gasteiger partial charge is 0.164 e. The zero-order valence-corrected chi connectivity index (χ0v) is 17.9. The Hall–Kier alpha value is -2.92. The first-order valence-electron chi connectivity index (χ1n) is 10.5. The highest BCUT2D eigenvalue weighted by Gasteiger charge is 2.20. The van der Waals surface area contributed by atoms with Gasteiger partial charge in [0.05, 0.1) is 24.4 Å². The summed E-state index contributed by atoms with van der Waals surface area (Å²) in [7, 11) is 0. The first-order chi connectivity index (χ1) is 14.3. The number of hydrogen-bond donors (Lipinski definition) is 1. The normalized spacial score (nSPS) is 14.8. The molecule has 0 atom stereocenters. The molecule has 1 saturated heterocycles. The summed E-state index contributed by atoms with van der Waals surface area (Å²) in [6.45, 7) is 9.27. The SMILES string of the molecule is CC(C)(C)CC(=O)c1ccccc1-c1ccc2nc(N)c(N3CCOCC3)cc2c1. The lowest BCUT2D eigenvalue weighted by Gasteiger charge is -2.29. The molecule has 0 aliphatic carbocycles. The van der Waals surface area contributed by atoms with E-state index in [-0.39, 0.29) is 11.2 Å². The Kier molecular flexibility index (Phi) is 5.48. The first kappa shape index (κ1) is 20.4. The molecule has 2 heterocycles. The molecule has 1 aromatic heterocycles. The molecule has 0 spiro atoms. The number of ketones is 1. The van der Waals surface area contributed by atoms with Crippen LogP contribution in [0.25, 0.3) is 22.0 Å². The largest absolute Gasteiger partial charge is 0.382 e. The number of nitrogens with zero attached hydrogens (tertiary/aromatic N) is 2. The van der Waals surface area contributed by atoms with Gasteiger partial charge >= 0.3 is 0 Å². The summed E-state index contributed by atoms with van der Waals surface area (Å²) in [6, 6.07) is 16.1. The van der Waals surface area contributed by atoms with Crippen LogP contribution in [-0.4, -0.2) is 37.1 Å². The van der Waals surface area contributed by atoms with E-state index in [1.807, 2.05) is 36.4 Å². The van der Waals surface area contributed by atoms with Crippen LogP contribution < -0.4 is 10.6 Å². The molecule has 1 aliphatic rings. The maximum atomic E-state index is 13.0. The molecule has 4 rings (SSSR count). The Balaban J connectivity index is 1.75. The van der Waals surface area contributed by atoms with E-state index in [0.29, 0.717) is 25.5 Å². The molecule has 5 heteroatoms. The van der Waals surface area contributed by atoms with Crippen molar-refractivity contribution >= 4 is 28.2 Å². The standard InChI is InChI=1S/C25H29N3O2/c1-25(2,3)16-23(29)20-7-5-4-6-19(20)17-8-9-21-18(14-17)15-22(24(26)27-21)28-10-12-30-13-11-28/h4-9,14-15H,10-13,16H2,1-3H3,(H2,26,27). The van der Waals surface area contributed by atoms with Crippen molar-refractivity contribution in [2.75, 3.05) is 36.9 Å². The second kappa shape index (κ2) is 8.07. The molecule has 0 unspecified atom stereocenters. The van der Waals surface area contributed by atoms with Gasteiger partial charge in [0.2, 0.25) is 0 Å². The second-order valence-corrected chi connectivity index (χ2v) is 9.11. The molecule has 0 saturated carbocycles. The Morgan fingerprint density at radius 2 is 1.83 bits per heavy atom. The number of morpholine rings is 1. The maximum Gasteiger partial charge on any atom is 0.164 e. The maximum absolute atomic E-state index is 13.0. The Bertz CT molecular complexity index is 1080. The van der Waals surface area contributed by atoms with Crippen molar-refractivity contribution in [2.24, 2.45) is 5.41 Å². The molecule has 2 N–H and O–H groups in total. The topological polar surface area (TPSA) is 68.5 Å². The number of pyridine rings is 1. The van der Waals surface area contributed by atoms with E-state index in [4.69, 9.17) is 10.5 Å². The lowest BCUT2D eigenvalue weighted by atomic mass is 9.85. The van der Waals surface area contributed by atoms with E-state index >= 15 is 0 Å². The molecular formula is C25H29N3O2. The summed E-state index contributed by atoms with van der Waals surface area (Å²) < 4.78 is 5.46. The van der Waals surface area contributed by atoms with E-state index in [1.165, 1.54) is 0 Å². The van der Waals surface area contributed by atoms with Gasteiger partial charge in [0.25, 0.3) is 0 Å². The number of ether oxygens (including phenoxy) is 1. The van der Waals surface area contributed by atoms with Crippen LogP contribution in [0.4, 0.5) is 11.5 Å². The van der Waals surface area contributed by atoms with E-state index < -0.39 is 0 Å². The predicted molar refractivity (Wildman–Crippen MR) is 123 cm³/mol. The molecule has 3 aromatic rings. The number of anilines is 2. The molecular weight excluding hydrogens is 374 g/mol. The molecule has 0 bridgehead atoms. The van der Waals surface area contributed by atoms with Crippen molar-refractivity contribution in [3.05, 3.63) is 54.1 Å². The third kappa shape index (κ3) is 4.31. The molecule has 5 nitrogen and oxygen atoms in total. The number of benzene rings is 2. The molecule has 1 fully saturated rings. The van der Waals surface area contributed by atoms with Crippen LogP contribution in [0.2, 0.25) is 0 Å².